The van der Waals surface area contributed by atoms with Gasteiger partial charge < -0.3 is 14.8 Å². The van der Waals surface area contributed by atoms with Gasteiger partial charge in [-0.1, -0.05) is 24.3 Å². The van der Waals surface area contributed by atoms with E-state index in [4.69, 9.17) is 9.47 Å². The van der Waals surface area contributed by atoms with Crippen LogP contribution >= 0.6 is 0 Å². The van der Waals surface area contributed by atoms with Crippen molar-refractivity contribution in [3.05, 3.63) is 65.2 Å². The van der Waals surface area contributed by atoms with Gasteiger partial charge in [0.15, 0.2) is 6.61 Å². The topological polar surface area (TPSA) is 64.6 Å². The van der Waals surface area contributed by atoms with Crippen LogP contribution in [0.2, 0.25) is 0 Å². The van der Waals surface area contributed by atoms with Gasteiger partial charge in [0.2, 0.25) is 0 Å². The molecule has 2 aromatic rings. The molecule has 0 radical (unpaired) electrons. The zero-order valence-electron chi connectivity index (χ0n) is 14.5. The van der Waals surface area contributed by atoms with Crippen LogP contribution in [0, 0.1) is 13.8 Å². The minimum atomic E-state index is -0.584. The highest BCUT2D eigenvalue weighted by molar-refractivity contribution is 5.95. The molecule has 130 valence electrons. The molecule has 0 heterocycles. The smallest absolute Gasteiger partial charge is 0.331 e. The van der Waals surface area contributed by atoms with E-state index in [1.165, 1.54) is 6.08 Å². The van der Waals surface area contributed by atoms with Gasteiger partial charge in [0.1, 0.15) is 5.75 Å². The van der Waals surface area contributed by atoms with Crippen LogP contribution in [-0.2, 0) is 14.3 Å². The van der Waals surface area contributed by atoms with Gasteiger partial charge in [0.05, 0.1) is 7.11 Å². The minimum Gasteiger partial charge on any atom is -0.497 e. The first-order valence-corrected chi connectivity index (χ1v) is 7.84. The van der Waals surface area contributed by atoms with E-state index in [0.29, 0.717) is 11.4 Å². The molecule has 1 amide bonds. The number of nitrogens with one attached hydrogen (secondary N) is 1. The van der Waals surface area contributed by atoms with E-state index in [-0.39, 0.29) is 12.5 Å². The number of carbonyl (C=O) groups is 2. The van der Waals surface area contributed by atoms with E-state index >= 15 is 0 Å². The van der Waals surface area contributed by atoms with Crippen LogP contribution in [0.15, 0.2) is 48.5 Å². The Morgan fingerprint density at radius 3 is 2.64 bits per heavy atom. The van der Waals surface area contributed by atoms with E-state index in [1.54, 1.807) is 19.3 Å². The van der Waals surface area contributed by atoms with Crippen LogP contribution in [0.25, 0.3) is 6.08 Å². The molecule has 2 rings (SSSR count). The number of esters is 1. The lowest BCUT2D eigenvalue weighted by Gasteiger charge is -2.10. The second kappa shape index (κ2) is 8.68. The van der Waals surface area contributed by atoms with E-state index in [2.05, 4.69) is 5.32 Å². The van der Waals surface area contributed by atoms with Gasteiger partial charge in [-0.3, -0.25) is 4.79 Å². The van der Waals surface area contributed by atoms with Crippen molar-refractivity contribution in [3.8, 4) is 5.75 Å². The number of amides is 1. The van der Waals surface area contributed by atoms with Gasteiger partial charge in [0, 0.05) is 11.8 Å². The van der Waals surface area contributed by atoms with Gasteiger partial charge in [-0.05, 0) is 54.8 Å². The Kier molecular flexibility index (Phi) is 6.34. The number of rotatable bonds is 6. The van der Waals surface area contributed by atoms with E-state index in [1.807, 2.05) is 50.2 Å². The summed E-state index contributed by atoms with van der Waals surface area (Å²) in [7, 11) is 1.58. The molecule has 25 heavy (non-hydrogen) atoms. The first kappa shape index (κ1) is 18.3. The fraction of sp³-hybridized carbons (Fsp3) is 0.200. The molecule has 0 aromatic heterocycles. The van der Waals surface area contributed by atoms with Crippen molar-refractivity contribution in [2.75, 3.05) is 19.0 Å². The van der Waals surface area contributed by atoms with Crippen LogP contribution in [0.3, 0.4) is 0 Å². The van der Waals surface area contributed by atoms with Gasteiger partial charge >= 0.3 is 5.97 Å². The lowest BCUT2D eigenvalue weighted by atomic mass is 10.1. The van der Waals surface area contributed by atoms with Crippen molar-refractivity contribution < 1.29 is 19.1 Å². The molecule has 0 bridgehead atoms. The van der Waals surface area contributed by atoms with Crippen LogP contribution in [-0.4, -0.2) is 25.6 Å². The summed E-state index contributed by atoms with van der Waals surface area (Å²) in [5.74, 6) is -0.265. The Morgan fingerprint density at radius 2 is 1.88 bits per heavy atom. The highest BCUT2D eigenvalue weighted by atomic mass is 16.5. The zero-order chi connectivity index (χ0) is 18.2. The Labute approximate surface area is 147 Å². The third-order valence-corrected chi connectivity index (χ3v) is 3.73. The molecule has 0 saturated carbocycles. The number of carbonyl (C=O) groups excluding carboxylic acids is 2. The molecule has 2 aromatic carbocycles. The maximum atomic E-state index is 11.9. The predicted octanol–water partition coefficient (Wildman–Crippen LogP) is 3.51. The fourth-order valence-corrected chi connectivity index (χ4v) is 2.17. The van der Waals surface area contributed by atoms with Gasteiger partial charge in [0.25, 0.3) is 5.91 Å². The quantitative estimate of drug-likeness (QED) is 0.646. The predicted molar refractivity (Wildman–Crippen MR) is 97.5 cm³/mol. The normalized spacial score (nSPS) is 10.5. The van der Waals surface area contributed by atoms with E-state index < -0.39 is 5.97 Å². The summed E-state index contributed by atoms with van der Waals surface area (Å²) in [6.45, 7) is 3.55. The molecule has 0 atom stereocenters. The molecule has 0 aliphatic carbocycles. The minimum absolute atomic E-state index is 0.339. The largest absolute Gasteiger partial charge is 0.497 e. The molecule has 1 N–H and O–H groups in total. The van der Waals surface area contributed by atoms with Crippen LogP contribution < -0.4 is 10.1 Å². The lowest BCUT2D eigenvalue weighted by molar-refractivity contribution is -0.142. The van der Waals surface area contributed by atoms with Crippen molar-refractivity contribution in [1.29, 1.82) is 0 Å². The Hall–Kier alpha value is -3.08. The monoisotopic (exact) mass is 339 g/mol. The van der Waals surface area contributed by atoms with Crippen molar-refractivity contribution in [1.82, 2.24) is 0 Å². The van der Waals surface area contributed by atoms with Crippen LogP contribution in [0.4, 0.5) is 5.69 Å². The van der Waals surface area contributed by atoms with Crippen LogP contribution in [0.1, 0.15) is 16.7 Å². The third kappa shape index (κ3) is 5.49. The zero-order valence-corrected chi connectivity index (χ0v) is 14.5. The molecule has 0 saturated heterocycles. The molecular formula is C20H21NO4. The number of benzene rings is 2. The molecule has 0 unspecified atom stereocenters. The van der Waals surface area contributed by atoms with Crippen LogP contribution in [0.5, 0.6) is 5.75 Å². The van der Waals surface area contributed by atoms with Crippen molar-refractivity contribution in [2.45, 2.75) is 13.8 Å². The Bertz CT molecular complexity index is 796. The number of aryl methyl sites for hydroxylation is 1. The molecule has 5 heteroatoms. The number of methoxy groups -OCH3 is 1. The third-order valence-electron chi connectivity index (χ3n) is 3.73. The summed E-state index contributed by atoms with van der Waals surface area (Å²) >= 11 is 0. The first-order chi connectivity index (χ1) is 12.0. The molecular weight excluding hydrogens is 318 g/mol. The van der Waals surface area contributed by atoms with Crippen molar-refractivity contribution in [3.63, 3.8) is 0 Å². The molecule has 0 spiro atoms. The summed E-state index contributed by atoms with van der Waals surface area (Å²) in [5, 5.41) is 2.74. The summed E-state index contributed by atoms with van der Waals surface area (Å²) in [4.78, 5) is 23.6. The second-order valence-electron chi connectivity index (χ2n) is 5.51. The molecule has 0 aliphatic heterocycles. The standard InChI is InChI=1S/C20H21NO4/c1-14-6-4-9-18(15(14)2)21-19(22)13-25-20(23)11-10-16-7-5-8-17(12-16)24-3/h4-12H,13H2,1-3H3,(H,21,22)/b11-10+. The Morgan fingerprint density at radius 1 is 1.12 bits per heavy atom. The highest BCUT2D eigenvalue weighted by Crippen LogP contribution is 2.17. The number of hydrogen-bond acceptors (Lipinski definition) is 4. The van der Waals surface area contributed by atoms with Crippen molar-refractivity contribution in [2.24, 2.45) is 0 Å². The maximum Gasteiger partial charge on any atom is 0.331 e. The van der Waals surface area contributed by atoms with Gasteiger partial charge in [-0.25, -0.2) is 4.79 Å². The average Bonchev–Trinajstić information content (AvgIpc) is 2.62. The SMILES string of the molecule is COc1cccc(/C=C/C(=O)OCC(=O)Nc2cccc(C)c2C)c1. The van der Waals surface area contributed by atoms with Gasteiger partial charge in [-0.15, -0.1) is 0 Å². The maximum absolute atomic E-state index is 11.9. The average molecular weight is 339 g/mol. The summed E-state index contributed by atoms with van der Waals surface area (Å²) in [6.07, 6.45) is 2.88. The fourth-order valence-electron chi connectivity index (χ4n) is 2.17. The van der Waals surface area contributed by atoms with E-state index in [0.717, 1.165) is 16.7 Å². The van der Waals surface area contributed by atoms with Gasteiger partial charge in [-0.2, -0.15) is 0 Å². The van der Waals surface area contributed by atoms with Crippen molar-refractivity contribution >= 4 is 23.6 Å². The highest BCUT2D eigenvalue weighted by Gasteiger charge is 2.08. The lowest BCUT2D eigenvalue weighted by Crippen LogP contribution is -2.20. The van der Waals surface area contributed by atoms with E-state index in [9.17, 15) is 9.59 Å². The molecule has 5 nitrogen and oxygen atoms in total. The summed E-state index contributed by atoms with van der Waals surface area (Å²) < 4.78 is 10.1. The number of ether oxygens (including phenoxy) is 2. The summed E-state index contributed by atoms with van der Waals surface area (Å²) in [6, 6.07) is 12.9. The first-order valence-electron chi connectivity index (χ1n) is 7.84. The number of hydrogen-bond donors (Lipinski definition) is 1. The Balaban J connectivity index is 1.85. The second-order valence-corrected chi connectivity index (χ2v) is 5.51. The molecule has 0 fully saturated rings. The molecule has 0 aliphatic rings. The summed E-state index contributed by atoms with van der Waals surface area (Å²) in [5.41, 5.74) is 3.58. The number of anilines is 1.